The maximum Gasteiger partial charge on any atom is 0.194 e. The van der Waals surface area contributed by atoms with Crippen molar-refractivity contribution in [3.05, 3.63) is 35.9 Å². The molecule has 0 amide bonds. The van der Waals surface area contributed by atoms with Gasteiger partial charge < -0.3 is 10.2 Å². The average molecular weight is 407 g/mol. The van der Waals surface area contributed by atoms with E-state index in [0.717, 1.165) is 38.6 Å². The zero-order chi connectivity index (χ0) is 20.2. The van der Waals surface area contributed by atoms with Crippen molar-refractivity contribution in [3.8, 4) is 0 Å². The normalized spacial score (nSPS) is 25.0. The van der Waals surface area contributed by atoms with Crippen LogP contribution in [0, 0.1) is 0 Å². The standard InChI is InChI=1S/C21H34N4O2S/c1-4-22-20(25-13-14-28(26,27)21(2,3)17-25)23-15-19-11-8-12-24(19)16-18-9-6-5-7-10-18/h5-7,9-10,19H,4,8,11-17H2,1-3H3,(H,22,23). The lowest BCUT2D eigenvalue weighted by Gasteiger charge is -2.39. The van der Waals surface area contributed by atoms with Crippen LogP contribution in [0.2, 0.25) is 0 Å². The van der Waals surface area contributed by atoms with Gasteiger partial charge in [0.2, 0.25) is 0 Å². The van der Waals surface area contributed by atoms with Crippen molar-refractivity contribution in [2.24, 2.45) is 4.99 Å². The second-order valence-electron chi connectivity index (χ2n) is 8.45. The average Bonchev–Trinajstić information content (AvgIpc) is 3.09. The Morgan fingerprint density at radius 2 is 2.00 bits per heavy atom. The fourth-order valence-electron chi connectivity index (χ4n) is 4.07. The maximum absolute atomic E-state index is 12.3. The molecule has 28 heavy (non-hydrogen) atoms. The maximum atomic E-state index is 12.3. The van der Waals surface area contributed by atoms with Crippen molar-refractivity contribution in [1.29, 1.82) is 0 Å². The quantitative estimate of drug-likeness (QED) is 0.599. The van der Waals surface area contributed by atoms with Gasteiger partial charge in [-0.25, -0.2) is 8.42 Å². The number of nitrogens with one attached hydrogen (secondary N) is 1. The SMILES string of the molecule is CCNC(=NCC1CCCN1Cc1ccccc1)N1CCS(=O)(=O)C(C)(C)C1. The highest BCUT2D eigenvalue weighted by molar-refractivity contribution is 7.92. The molecule has 6 nitrogen and oxygen atoms in total. The third-order valence-corrected chi connectivity index (χ3v) is 8.39. The summed E-state index contributed by atoms with van der Waals surface area (Å²) in [5.41, 5.74) is 1.34. The highest BCUT2D eigenvalue weighted by Gasteiger charge is 2.41. The fourth-order valence-corrected chi connectivity index (χ4v) is 5.44. The Labute approximate surface area is 169 Å². The Balaban J connectivity index is 1.67. The lowest BCUT2D eigenvalue weighted by atomic mass is 10.2. The van der Waals surface area contributed by atoms with Crippen molar-refractivity contribution in [2.75, 3.05) is 38.5 Å². The molecule has 2 aliphatic rings. The molecule has 1 aromatic rings. The number of likely N-dealkylation sites (tertiary alicyclic amines) is 1. The van der Waals surface area contributed by atoms with Crippen LogP contribution in [-0.4, -0.2) is 73.4 Å². The zero-order valence-corrected chi connectivity index (χ0v) is 18.2. The number of benzene rings is 1. The molecule has 3 rings (SSSR count). The van der Waals surface area contributed by atoms with E-state index in [2.05, 4.69) is 52.4 Å². The molecule has 2 heterocycles. The van der Waals surface area contributed by atoms with Crippen molar-refractivity contribution >= 4 is 15.8 Å². The van der Waals surface area contributed by atoms with Gasteiger partial charge >= 0.3 is 0 Å². The molecule has 0 saturated carbocycles. The van der Waals surface area contributed by atoms with Crippen LogP contribution in [0.1, 0.15) is 39.2 Å². The number of guanidine groups is 1. The molecular formula is C21H34N4O2S. The molecular weight excluding hydrogens is 372 g/mol. The van der Waals surface area contributed by atoms with Gasteiger partial charge in [0.15, 0.2) is 15.8 Å². The Morgan fingerprint density at radius 1 is 1.25 bits per heavy atom. The monoisotopic (exact) mass is 406 g/mol. The summed E-state index contributed by atoms with van der Waals surface area (Å²) in [7, 11) is -3.05. The minimum absolute atomic E-state index is 0.188. The van der Waals surface area contributed by atoms with Crippen LogP contribution >= 0.6 is 0 Å². The Bertz CT molecular complexity index is 777. The van der Waals surface area contributed by atoms with E-state index in [9.17, 15) is 8.42 Å². The molecule has 2 fully saturated rings. The van der Waals surface area contributed by atoms with Gasteiger partial charge in [0.1, 0.15) is 0 Å². The minimum atomic E-state index is -3.05. The van der Waals surface area contributed by atoms with Crippen LogP contribution in [0.25, 0.3) is 0 Å². The van der Waals surface area contributed by atoms with Gasteiger partial charge in [-0.1, -0.05) is 30.3 Å². The predicted octanol–water partition coefficient (Wildman–Crippen LogP) is 2.13. The molecule has 0 spiro atoms. The smallest absolute Gasteiger partial charge is 0.194 e. The van der Waals surface area contributed by atoms with Gasteiger partial charge in [0.25, 0.3) is 0 Å². The number of aliphatic imine (C=N–C) groups is 1. The molecule has 0 aromatic heterocycles. The van der Waals surface area contributed by atoms with Crippen molar-refractivity contribution in [3.63, 3.8) is 0 Å². The summed E-state index contributed by atoms with van der Waals surface area (Å²) in [6.45, 7) is 10.3. The zero-order valence-electron chi connectivity index (χ0n) is 17.4. The van der Waals surface area contributed by atoms with Crippen molar-refractivity contribution in [2.45, 2.75) is 50.9 Å². The van der Waals surface area contributed by atoms with E-state index in [-0.39, 0.29) is 5.75 Å². The minimum Gasteiger partial charge on any atom is -0.357 e. The number of hydrogen-bond donors (Lipinski definition) is 1. The number of nitrogens with zero attached hydrogens (tertiary/aromatic N) is 3. The molecule has 0 aliphatic carbocycles. The number of rotatable bonds is 5. The summed E-state index contributed by atoms with van der Waals surface area (Å²) in [6.07, 6.45) is 2.37. The summed E-state index contributed by atoms with van der Waals surface area (Å²) >= 11 is 0. The van der Waals surface area contributed by atoms with E-state index >= 15 is 0 Å². The fraction of sp³-hybridized carbons (Fsp3) is 0.667. The van der Waals surface area contributed by atoms with Crippen LogP contribution < -0.4 is 5.32 Å². The molecule has 1 unspecified atom stereocenters. The number of hydrogen-bond acceptors (Lipinski definition) is 4. The van der Waals surface area contributed by atoms with Gasteiger partial charge in [-0.3, -0.25) is 9.89 Å². The first-order valence-corrected chi connectivity index (χ1v) is 12.0. The third-order valence-electron chi connectivity index (χ3n) is 5.86. The lowest BCUT2D eigenvalue weighted by Crippen LogP contribution is -2.57. The van der Waals surface area contributed by atoms with Gasteiger partial charge in [-0.15, -0.1) is 0 Å². The summed E-state index contributed by atoms with van der Waals surface area (Å²) in [5.74, 6) is 1.03. The van der Waals surface area contributed by atoms with Crippen LogP contribution in [0.3, 0.4) is 0 Å². The van der Waals surface area contributed by atoms with E-state index in [1.54, 1.807) is 0 Å². The third kappa shape index (κ3) is 4.87. The molecule has 0 bridgehead atoms. The first kappa shape index (κ1) is 21.1. The topological polar surface area (TPSA) is 65.0 Å². The van der Waals surface area contributed by atoms with Gasteiger partial charge in [0.05, 0.1) is 17.0 Å². The summed E-state index contributed by atoms with van der Waals surface area (Å²) in [5, 5.41) is 3.37. The number of sulfone groups is 1. The molecule has 156 valence electrons. The van der Waals surface area contributed by atoms with E-state index in [4.69, 9.17) is 4.99 Å². The highest BCUT2D eigenvalue weighted by atomic mass is 32.2. The van der Waals surface area contributed by atoms with Crippen LogP contribution in [-0.2, 0) is 16.4 Å². The van der Waals surface area contributed by atoms with E-state index in [0.29, 0.717) is 19.1 Å². The second-order valence-corrected chi connectivity index (χ2v) is 11.2. The molecule has 2 saturated heterocycles. The highest BCUT2D eigenvalue weighted by Crippen LogP contribution is 2.24. The first-order chi connectivity index (χ1) is 13.3. The molecule has 1 aromatic carbocycles. The second kappa shape index (κ2) is 8.82. The Hall–Kier alpha value is -1.60. The predicted molar refractivity (Wildman–Crippen MR) is 115 cm³/mol. The Kier molecular flexibility index (Phi) is 6.65. The molecule has 1 N–H and O–H groups in total. The van der Waals surface area contributed by atoms with Crippen molar-refractivity contribution in [1.82, 2.24) is 15.1 Å². The molecule has 7 heteroatoms. The van der Waals surface area contributed by atoms with Gasteiger partial charge in [0, 0.05) is 32.2 Å². The van der Waals surface area contributed by atoms with Gasteiger partial charge in [-0.2, -0.15) is 0 Å². The first-order valence-electron chi connectivity index (χ1n) is 10.4. The van der Waals surface area contributed by atoms with E-state index in [1.165, 1.54) is 12.0 Å². The van der Waals surface area contributed by atoms with E-state index < -0.39 is 14.6 Å². The molecule has 0 radical (unpaired) electrons. The van der Waals surface area contributed by atoms with Gasteiger partial charge in [-0.05, 0) is 45.7 Å². The van der Waals surface area contributed by atoms with Crippen molar-refractivity contribution < 1.29 is 8.42 Å². The largest absolute Gasteiger partial charge is 0.357 e. The lowest BCUT2D eigenvalue weighted by molar-refractivity contribution is 0.249. The van der Waals surface area contributed by atoms with Crippen LogP contribution in [0.4, 0.5) is 0 Å². The molecule has 2 aliphatic heterocycles. The summed E-state index contributed by atoms with van der Waals surface area (Å²) < 4.78 is 23.9. The van der Waals surface area contributed by atoms with E-state index in [1.807, 2.05) is 13.8 Å². The summed E-state index contributed by atoms with van der Waals surface area (Å²) in [6, 6.07) is 11.0. The van der Waals surface area contributed by atoms with Crippen LogP contribution in [0.5, 0.6) is 0 Å². The summed E-state index contributed by atoms with van der Waals surface area (Å²) in [4.78, 5) is 9.55. The van der Waals surface area contributed by atoms with Crippen LogP contribution in [0.15, 0.2) is 35.3 Å². The molecule has 1 atom stereocenters. The Morgan fingerprint density at radius 3 is 2.68 bits per heavy atom.